The van der Waals surface area contributed by atoms with Crippen LogP contribution in [0.2, 0.25) is 0 Å². The van der Waals surface area contributed by atoms with Crippen LogP contribution in [-0.4, -0.2) is 13.1 Å². The van der Waals surface area contributed by atoms with Gasteiger partial charge in [0.2, 0.25) is 0 Å². The van der Waals surface area contributed by atoms with E-state index in [-0.39, 0.29) is 11.7 Å². The second-order valence-electron chi connectivity index (χ2n) is 6.24. The fourth-order valence-electron chi connectivity index (χ4n) is 3.70. The fraction of sp³-hybridized carbons (Fsp3) is 0.368. The summed E-state index contributed by atoms with van der Waals surface area (Å²) in [5.41, 5.74) is 5.22. The van der Waals surface area contributed by atoms with E-state index in [2.05, 4.69) is 60.8 Å². The molecule has 1 fully saturated rings. The molecule has 2 heterocycles. The molecule has 0 radical (unpaired) electrons. The summed E-state index contributed by atoms with van der Waals surface area (Å²) in [6, 6.07) is 17.5. The predicted molar refractivity (Wildman–Crippen MR) is 84.3 cm³/mol. The lowest BCUT2D eigenvalue weighted by atomic mass is 9.84. The molecule has 108 valence electrons. The number of hydrogen-bond acceptors (Lipinski definition) is 2. The van der Waals surface area contributed by atoms with Crippen molar-refractivity contribution < 1.29 is 4.74 Å². The zero-order valence-corrected chi connectivity index (χ0v) is 12.4. The number of aryl methyl sites for hydroxylation is 1. The molecule has 0 aliphatic carbocycles. The van der Waals surface area contributed by atoms with Crippen molar-refractivity contribution in [2.75, 3.05) is 13.1 Å². The van der Waals surface area contributed by atoms with Gasteiger partial charge < -0.3 is 10.1 Å². The second kappa shape index (κ2) is 4.97. The van der Waals surface area contributed by atoms with Crippen molar-refractivity contribution in [3.05, 3.63) is 70.8 Å². The summed E-state index contributed by atoms with van der Waals surface area (Å²) in [6.45, 7) is 4.20. The highest BCUT2D eigenvalue weighted by Gasteiger charge is 2.45. The normalized spacial score (nSPS) is 23.2. The minimum absolute atomic E-state index is 0.0832. The Morgan fingerprint density at radius 1 is 1.00 bits per heavy atom. The summed E-state index contributed by atoms with van der Waals surface area (Å²) in [4.78, 5) is 0. The Labute approximate surface area is 126 Å². The lowest BCUT2D eigenvalue weighted by molar-refractivity contribution is -0.0798. The minimum Gasteiger partial charge on any atom is -0.358 e. The van der Waals surface area contributed by atoms with E-state index in [0.29, 0.717) is 0 Å². The smallest absolute Gasteiger partial charge is 0.109 e. The van der Waals surface area contributed by atoms with Crippen LogP contribution in [0.15, 0.2) is 48.5 Å². The standard InChI is InChI=1S/C19H21NO/c1-14-6-8-15(9-7-14)18-16-4-2-3-5-17(16)19(21-18)10-12-20-13-11-19/h2-9,18,20H,10-13H2,1H3/t18-/m0/s1. The molecule has 2 aromatic rings. The molecule has 2 aliphatic heterocycles. The van der Waals surface area contributed by atoms with Gasteiger partial charge in [-0.3, -0.25) is 0 Å². The largest absolute Gasteiger partial charge is 0.358 e. The van der Waals surface area contributed by atoms with Crippen LogP contribution in [0, 0.1) is 6.92 Å². The topological polar surface area (TPSA) is 21.3 Å². The van der Waals surface area contributed by atoms with E-state index in [1.54, 1.807) is 0 Å². The summed E-state index contributed by atoms with van der Waals surface area (Å²) in [5, 5.41) is 3.45. The first-order valence-electron chi connectivity index (χ1n) is 7.83. The van der Waals surface area contributed by atoms with E-state index in [1.165, 1.54) is 22.3 Å². The molecule has 1 saturated heterocycles. The van der Waals surface area contributed by atoms with Crippen molar-refractivity contribution in [3.8, 4) is 0 Å². The van der Waals surface area contributed by atoms with Gasteiger partial charge in [-0.25, -0.2) is 0 Å². The maximum absolute atomic E-state index is 6.65. The molecule has 2 aliphatic rings. The highest BCUT2D eigenvalue weighted by atomic mass is 16.5. The van der Waals surface area contributed by atoms with Crippen molar-refractivity contribution in [2.45, 2.75) is 31.5 Å². The van der Waals surface area contributed by atoms with Gasteiger partial charge in [-0.15, -0.1) is 0 Å². The van der Waals surface area contributed by atoms with E-state index in [9.17, 15) is 0 Å². The van der Waals surface area contributed by atoms with Crippen LogP contribution in [0.4, 0.5) is 0 Å². The summed E-state index contributed by atoms with van der Waals surface area (Å²) < 4.78 is 6.65. The van der Waals surface area contributed by atoms with E-state index >= 15 is 0 Å². The maximum Gasteiger partial charge on any atom is 0.109 e. The maximum atomic E-state index is 6.65. The molecule has 1 N–H and O–H groups in total. The summed E-state index contributed by atoms with van der Waals surface area (Å²) in [6.07, 6.45) is 2.21. The van der Waals surface area contributed by atoms with Crippen LogP contribution in [-0.2, 0) is 10.3 Å². The third kappa shape index (κ3) is 2.10. The highest BCUT2D eigenvalue weighted by molar-refractivity contribution is 5.44. The molecule has 0 aromatic heterocycles. The highest BCUT2D eigenvalue weighted by Crippen LogP contribution is 2.50. The molecule has 1 spiro atoms. The Morgan fingerprint density at radius 2 is 1.71 bits per heavy atom. The first-order valence-corrected chi connectivity index (χ1v) is 7.83. The molecule has 2 nitrogen and oxygen atoms in total. The van der Waals surface area contributed by atoms with Crippen molar-refractivity contribution in [1.29, 1.82) is 0 Å². The quantitative estimate of drug-likeness (QED) is 0.859. The van der Waals surface area contributed by atoms with Crippen LogP contribution in [0.3, 0.4) is 0 Å². The van der Waals surface area contributed by atoms with E-state index in [4.69, 9.17) is 4.74 Å². The lowest BCUT2D eigenvalue weighted by Crippen LogP contribution is -2.39. The molecule has 0 saturated carbocycles. The van der Waals surface area contributed by atoms with Gasteiger partial charge in [0, 0.05) is 0 Å². The van der Waals surface area contributed by atoms with Gasteiger partial charge in [0.25, 0.3) is 0 Å². The van der Waals surface area contributed by atoms with Crippen LogP contribution in [0.25, 0.3) is 0 Å². The zero-order valence-electron chi connectivity index (χ0n) is 12.4. The van der Waals surface area contributed by atoms with E-state index < -0.39 is 0 Å². The molecule has 2 aromatic carbocycles. The Kier molecular flexibility index (Phi) is 3.09. The average molecular weight is 279 g/mol. The van der Waals surface area contributed by atoms with E-state index in [0.717, 1.165) is 25.9 Å². The van der Waals surface area contributed by atoms with Gasteiger partial charge >= 0.3 is 0 Å². The molecule has 2 heteroatoms. The van der Waals surface area contributed by atoms with Crippen LogP contribution in [0.1, 0.15) is 41.2 Å². The number of fused-ring (bicyclic) bond motifs is 2. The fourth-order valence-corrected chi connectivity index (χ4v) is 3.70. The number of benzene rings is 2. The van der Waals surface area contributed by atoms with Gasteiger partial charge in [0.1, 0.15) is 6.10 Å². The third-order valence-electron chi connectivity index (χ3n) is 4.87. The molecule has 0 bridgehead atoms. The Morgan fingerprint density at radius 3 is 2.48 bits per heavy atom. The predicted octanol–water partition coefficient (Wildman–Crippen LogP) is 3.69. The number of ether oxygens (including phenoxy) is 1. The van der Waals surface area contributed by atoms with Gasteiger partial charge in [-0.1, -0.05) is 54.1 Å². The van der Waals surface area contributed by atoms with Crippen LogP contribution >= 0.6 is 0 Å². The Balaban J connectivity index is 1.79. The second-order valence-corrected chi connectivity index (χ2v) is 6.24. The Bertz CT molecular complexity index is 641. The number of nitrogens with one attached hydrogen (secondary N) is 1. The van der Waals surface area contributed by atoms with Crippen molar-refractivity contribution in [2.24, 2.45) is 0 Å². The van der Waals surface area contributed by atoms with Crippen molar-refractivity contribution in [1.82, 2.24) is 5.32 Å². The van der Waals surface area contributed by atoms with Gasteiger partial charge in [0.05, 0.1) is 5.60 Å². The van der Waals surface area contributed by atoms with Crippen molar-refractivity contribution in [3.63, 3.8) is 0 Å². The van der Waals surface area contributed by atoms with E-state index in [1.807, 2.05) is 0 Å². The minimum atomic E-state index is -0.0859. The third-order valence-corrected chi connectivity index (χ3v) is 4.87. The SMILES string of the molecule is Cc1ccc([C@@H]2OC3(CCNCC3)c3ccccc32)cc1. The van der Waals surface area contributed by atoms with Crippen LogP contribution < -0.4 is 5.32 Å². The lowest BCUT2D eigenvalue weighted by Gasteiger charge is -2.34. The van der Waals surface area contributed by atoms with Crippen LogP contribution in [0.5, 0.6) is 0 Å². The zero-order chi connectivity index (χ0) is 14.3. The Hall–Kier alpha value is -1.64. The van der Waals surface area contributed by atoms with Gasteiger partial charge in [0.15, 0.2) is 0 Å². The first-order chi connectivity index (χ1) is 10.3. The summed E-state index contributed by atoms with van der Waals surface area (Å²) >= 11 is 0. The number of rotatable bonds is 1. The average Bonchev–Trinajstić information content (AvgIpc) is 2.84. The molecule has 21 heavy (non-hydrogen) atoms. The number of hydrogen-bond donors (Lipinski definition) is 1. The summed E-state index contributed by atoms with van der Waals surface area (Å²) in [7, 11) is 0. The molecular formula is C19H21NO. The van der Waals surface area contributed by atoms with Gasteiger partial charge in [-0.05, 0) is 49.5 Å². The summed E-state index contributed by atoms with van der Waals surface area (Å²) in [5.74, 6) is 0. The number of piperidine rings is 1. The molecular weight excluding hydrogens is 258 g/mol. The monoisotopic (exact) mass is 279 g/mol. The van der Waals surface area contributed by atoms with Gasteiger partial charge in [-0.2, -0.15) is 0 Å². The first kappa shape index (κ1) is 13.1. The molecule has 4 rings (SSSR count). The molecule has 1 atom stereocenters. The van der Waals surface area contributed by atoms with Crippen molar-refractivity contribution >= 4 is 0 Å². The molecule has 0 amide bonds. The molecule has 0 unspecified atom stereocenters.